The van der Waals surface area contributed by atoms with E-state index in [1.807, 2.05) is 12.1 Å². The van der Waals surface area contributed by atoms with Crippen molar-refractivity contribution in [3.05, 3.63) is 65.7 Å². The summed E-state index contributed by atoms with van der Waals surface area (Å²) in [5, 5.41) is 5.32. The molecule has 1 atom stereocenters. The fourth-order valence-electron chi connectivity index (χ4n) is 3.56. The number of carbonyl (C=O) groups excluding carboxylic acids is 2. The Morgan fingerprint density at radius 2 is 1.77 bits per heavy atom. The van der Waals surface area contributed by atoms with Gasteiger partial charge in [0.1, 0.15) is 5.82 Å². The summed E-state index contributed by atoms with van der Waals surface area (Å²) in [5.41, 5.74) is 1.73. The molecule has 1 fully saturated rings. The molecule has 2 heterocycles. The first-order chi connectivity index (χ1) is 14.6. The molecular formula is C22H28FN5O2. The topological polar surface area (TPSA) is 77.6 Å². The summed E-state index contributed by atoms with van der Waals surface area (Å²) in [6.07, 6.45) is 3.52. The number of benzene rings is 1. The molecule has 0 spiro atoms. The molecule has 2 N–H and O–H groups in total. The van der Waals surface area contributed by atoms with E-state index in [-0.39, 0.29) is 18.4 Å². The minimum Gasteiger partial charge on any atom is -0.346 e. The Balaban J connectivity index is 1.55. The number of hydrogen-bond acceptors (Lipinski definition) is 5. The number of hydrogen-bond donors (Lipinski definition) is 2. The number of amides is 2. The van der Waals surface area contributed by atoms with Crippen molar-refractivity contribution in [2.24, 2.45) is 0 Å². The zero-order valence-electron chi connectivity index (χ0n) is 17.2. The van der Waals surface area contributed by atoms with Crippen LogP contribution in [0.1, 0.15) is 24.1 Å². The van der Waals surface area contributed by atoms with Crippen LogP contribution in [0.15, 0.2) is 48.8 Å². The number of likely N-dealkylation sites (N-methyl/N-ethyl adjacent to an activating group) is 1. The second-order valence-electron chi connectivity index (χ2n) is 7.29. The van der Waals surface area contributed by atoms with Crippen LogP contribution < -0.4 is 10.6 Å². The van der Waals surface area contributed by atoms with Gasteiger partial charge in [0, 0.05) is 51.7 Å². The van der Waals surface area contributed by atoms with Gasteiger partial charge in [-0.15, -0.1) is 0 Å². The Bertz CT molecular complexity index is 823. The average molecular weight is 413 g/mol. The van der Waals surface area contributed by atoms with Crippen LogP contribution in [0, 0.1) is 5.82 Å². The second kappa shape index (κ2) is 10.8. The molecule has 30 heavy (non-hydrogen) atoms. The van der Waals surface area contributed by atoms with Crippen LogP contribution in [0.25, 0.3) is 0 Å². The van der Waals surface area contributed by atoms with Gasteiger partial charge in [-0.3, -0.25) is 19.5 Å². The number of pyridine rings is 1. The SMILES string of the molecule is CCN1CCN([C@H](CNC(=O)C(=O)NCc2ccc(F)cc2)c2cccnc2)CC1. The van der Waals surface area contributed by atoms with Gasteiger partial charge < -0.3 is 15.5 Å². The molecule has 1 aromatic carbocycles. The molecule has 0 saturated carbocycles. The van der Waals surface area contributed by atoms with E-state index in [9.17, 15) is 14.0 Å². The predicted octanol–water partition coefficient (Wildman–Crippen LogP) is 1.33. The molecular weight excluding hydrogens is 385 g/mol. The molecule has 8 heteroatoms. The molecule has 0 radical (unpaired) electrons. The van der Waals surface area contributed by atoms with Gasteiger partial charge in [0.05, 0.1) is 6.04 Å². The lowest BCUT2D eigenvalue weighted by Crippen LogP contribution is -2.50. The number of nitrogens with one attached hydrogen (secondary N) is 2. The van der Waals surface area contributed by atoms with Gasteiger partial charge in [0.25, 0.3) is 0 Å². The van der Waals surface area contributed by atoms with Gasteiger partial charge in [-0.2, -0.15) is 0 Å². The molecule has 3 rings (SSSR count). The highest BCUT2D eigenvalue weighted by molar-refractivity contribution is 6.35. The Hall–Kier alpha value is -2.84. The van der Waals surface area contributed by atoms with E-state index in [0.29, 0.717) is 6.54 Å². The van der Waals surface area contributed by atoms with Crippen LogP contribution in [0.3, 0.4) is 0 Å². The lowest BCUT2D eigenvalue weighted by Gasteiger charge is -2.39. The summed E-state index contributed by atoms with van der Waals surface area (Å²) >= 11 is 0. The normalized spacial score (nSPS) is 16.1. The summed E-state index contributed by atoms with van der Waals surface area (Å²) in [4.78, 5) is 33.4. The first-order valence-electron chi connectivity index (χ1n) is 10.2. The van der Waals surface area contributed by atoms with Crippen molar-refractivity contribution in [3.8, 4) is 0 Å². The number of aromatic nitrogens is 1. The fraction of sp³-hybridized carbons (Fsp3) is 0.409. The van der Waals surface area contributed by atoms with Crippen molar-refractivity contribution < 1.29 is 14.0 Å². The van der Waals surface area contributed by atoms with Gasteiger partial charge in [-0.25, -0.2) is 4.39 Å². The first-order valence-corrected chi connectivity index (χ1v) is 10.2. The monoisotopic (exact) mass is 413 g/mol. The van der Waals surface area contributed by atoms with Crippen LogP contribution in [0.4, 0.5) is 4.39 Å². The lowest BCUT2D eigenvalue weighted by atomic mass is 10.1. The van der Waals surface area contributed by atoms with Gasteiger partial charge in [-0.1, -0.05) is 25.1 Å². The number of rotatable bonds is 7. The van der Waals surface area contributed by atoms with E-state index in [4.69, 9.17) is 0 Å². The highest BCUT2D eigenvalue weighted by Gasteiger charge is 2.26. The smallest absolute Gasteiger partial charge is 0.309 e. The highest BCUT2D eigenvalue weighted by Crippen LogP contribution is 2.21. The molecule has 0 bridgehead atoms. The quantitative estimate of drug-likeness (QED) is 0.670. The number of nitrogens with zero attached hydrogens (tertiary/aromatic N) is 3. The summed E-state index contributed by atoms with van der Waals surface area (Å²) in [7, 11) is 0. The molecule has 0 aliphatic carbocycles. The van der Waals surface area contributed by atoms with Crippen LogP contribution in [-0.4, -0.2) is 65.9 Å². The Kier molecular flexibility index (Phi) is 7.87. The van der Waals surface area contributed by atoms with E-state index in [1.54, 1.807) is 24.5 Å². The van der Waals surface area contributed by atoms with E-state index in [2.05, 4.69) is 32.3 Å². The van der Waals surface area contributed by atoms with E-state index in [1.165, 1.54) is 12.1 Å². The van der Waals surface area contributed by atoms with Crippen molar-refractivity contribution >= 4 is 11.8 Å². The Labute approximate surface area is 176 Å². The third-order valence-electron chi connectivity index (χ3n) is 5.39. The van der Waals surface area contributed by atoms with Gasteiger partial charge in [0.2, 0.25) is 0 Å². The van der Waals surface area contributed by atoms with Crippen molar-refractivity contribution in [3.63, 3.8) is 0 Å². The number of piperazine rings is 1. The number of halogens is 1. The van der Waals surface area contributed by atoms with Gasteiger partial charge in [0.15, 0.2) is 0 Å². The largest absolute Gasteiger partial charge is 0.346 e. The average Bonchev–Trinajstić information content (AvgIpc) is 2.79. The van der Waals surface area contributed by atoms with Crippen LogP contribution in [-0.2, 0) is 16.1 Å². The van der Waals surface area contributed by atoms with E-state index < -0.39 is 11.8 Å². The predicted molar refractivity (Wildman–Crippen MR) is 112 cm³/mol. The minimum atomic E-state index is -0.708. The van der Waals surface area contributed by atoms with Crippen molar-refractivity contribution in [1.29, 1.82) is 0 Å². The van der Waals surface area contributed by atoms with E-state index in [0.717, 1.165) is 43.9 Å². The molecule has 1 aromatic heterocycles. The van der Waals surface area contributed by atoms with Gasteiger partial charge >= 0.3 is 11.8 Å². The van der Waals surface area contributed by atoms with Crippen LogP contribution in [0.2, 0.25) is 0 Å². The Morgan fingerprint density at radius 3 is 2.40 bits per heavy atom. The van der Waals surface area contributed by atoms with Crippen molar-refractivity contribution in [2.45, 2.75) is 19.5 Å². The van der Waals surface area contributed by atoms with Crippen molar-refractivity contribution in [1.82, 2.24) is 25.4 Å². The third kappa shape index (κ3) is 6.08. The van der Waals surface area contributed by atoms with Crippen LogP contribution >= 0.6 is 0 Å². The lowest BCUT2D eigenvalue weighted by molar-refractivity contribution is -0.139. The van der Waals surface area contributed by atoms with E-state index >= 15 is 0 Å². The Morgan fingerprint density at radius 1 is 1.07 bits per heavy atom. The molecule has 7 nitrogen and oxygen atoms in total. The maximum absolute atomic E-state index is 13.0. The maximum Gasteiger partial charge on any atom is 0.309 e. The summed E-state index contributed by atoms with van der Waals surface area (Å²) < 4.78 is 13.0. The summed E-state index contributed by atoms with van der Waals surface area (Å²) in [6.45, 7) is 7.38. The third-order valence-corrected chi connectivity index (χ3v) is 5.39. The highest BCUT2D eigenvalue weighted by atomic mass is 19.1. The molecule has 0 unspecified atom stereocenters. The summed E-state index contributed by atoms with van der Waals surface area (Å²) in [5.74, 6) is -1.73. The van der Waals surface area contributed by atoms with Gasteiger partial charge in [-0.05, 0) is 35.9 Å². The molecule has 160 valence electrons. The fourth-order valence-corrected chi connectivity index (χ4v) is 3.56. The molecule has 2 aromatic rings. The standard InChI is InChI=1S/C22H28FN5O2/c1-2-27-10-12-28(13-11-27)20(18-4-3-9-24-15-18)16-26-22(30)21(29)25-14-17-5-7-19(23)8-6-17/h3-9,15,20H,2,10-14,16H2,1H3,(H,25,29)(H,26,30)/t20-/m1/s1. The first kappa shape index (κ1) is 21.9. The zero-order chi connectivity index (χ0) is 21.3. The molecule has 1 aliphatic heterocycles. The molecule has 1 saturated heterocycles. The van der Waals surface area contributed by atoms with Crippen LogP contribution in [0.5, 0.6) is 0 Å². The second-order valence-corrected chi connectivity index (χ2v) is 7.29. The molecule has 2 amide bonds. The maximum atomic E-state index is 13.0. The summed E-state index contributed by atoms with van der Waals surface area (Å²) in [6, 6.07) is 9.60. The molecule has 1 aliphatic rings. The minimum absolute atomic E-state index is 0.0495. The van der Waals surface area contributed by atoms with Crippen molar-refractivity contribution in [2.75, 3.05) is 39.3 Å². The zero-order valence-corrected chi connectivity index (χ0v) is 17.2. The number of carbonyl (C=O) groups is 2.